The van der Waals surface area contributed by atoms with Crippen LogP contribution in [0.1, 0.15) is 17.8 Å². The van der Waals surface area contributed by atoms with E-state index in [1.54, 1.807) is 18.5 Å². The smallest absolute Gasteiger partial charge is 0.138 e. The average Bonchev–Trinajstić information content (AvgIpc) is 3.08. The maximum atomic E-state index is 13.2. The highest BCUT2D eigenvalue weighted by atomic mass is 19.1. The molecule has 4 rings (SSSR count). The number of nitrogens with zero attached hydrogens (tertiary/aromatic N) is 3. The zero-order chi connectivity index (χ0) is 17.9. The quantitative estimate of drug-likeness (QED) is 0.761. The van der Waals surface area contributed by atoms with Crippen LogP contribution >= 0.6 is 0 Å². The molecular formula is C19H18F2N4O. The van der Waals surface area contributed by atoms with Gasteiger partial charge in [0.15, 0.2) is 0 Å². The molecule has 1 atom stereocenters. The second-order valence-electron chi connectivity index (χ2n) is 6.33. The summed E-state index contributed by atoms with van der Waals surface area (Å²) < 4.78 is 33.9. The van der Waals surface area contributed by atoms with Crippen LogP contribution in [0.2, 0.25) is 0 Å². The molecule has 1 N–H and O–H groups in total. The molecule has 0 amide bonds. The summed E-state index contributed by atoms with van der Waals surface area (Å²) >= 11 is 0. The van der Waals surface area contributed by atoms with E-state index in [0.717, 1.165) is 55.5 Å². The van der Waals surface area contributed by atoms with E-state index in [4.69, 9.17) is 4.74 Å². The number of hydrogen-bond acceptors (Lipinski definition) is 4. The van der Waals surface area contributed by atoms with Gasteiger partial charge in [-0.3, -0.25) is 0 Å². The van der Waals surface area contributed by atoms with E-state index in [1.165, 1.54) is 0 Å². The Kier molecular flexibility index (Phi) is 4.62. The Balaban J connectivity index is 1.33. The number of rotatable bonds is 5. The van der Waals surface area contributed by atoms with Gasteiger partial charge < -0.3 is 10.1 Å². The van der Waals surface area contributed by atoms with E-state index in [2.05, 4.69) is 15.4 Å². The molecule has 0 aliphatic carbocycles. The maximum absolute atomic E-state index is 13.2. The molecule has 0 bridgehead atoms. The molecule has 134 valence electrons. The summed E-state index contributed by atoms with van der Waals surface area (Å²) in [5.74, 6) is 0.383. The number of benzene rings is 2. The number of ether oxygens (including phenoxy) is 1. The van der Waals surface area contributed by atoms with Gasteiger partial charge in [0.05, 0.1) is 6.54 Å². The third kappa shape index (κ3) is 3.88. The van der Waals surface area contributed by atoms with Crippen LogP contribution in [0.15, 0.2) is 48.8 Å². The molecule has 26 heavy (non-hydrogen) atoms. The van der Waals surface area contributed by atoms with Gasteiger partial charge >= 0.3 is 0 Å². The molecule has 0 saturated heterocycles. The Labute approximate surface area is 149 Å². The van der Waals surface area contributed by atoms with Crippen LogP contribution < -0.4 is 10.1 Å². The lowest BCUT2D eigenvalue weighted by atomic mass is 10.1. The van der Waals surface area contributed by atoms with Crippen LogP contribution in [-0.4, -0.2) is 20.8 Å². The van der Waals surface area contributed by atoms with Crippen LogP contribution in [0, 0.1) is 11.6 Å². The molecule has 0 radical (unpaired) electrons. The Morgan fingerprint density at radius 3 is 2.62 bits per heavy atom. The van der Waals surface area contributed by atoms with E-state index >= 15 is 0 Å². The maximum Gasteiger partial charge on any atom is 0.138 e. The van der Waals surface area contributed by atoms with Crippen LogP contribution in [0.5, 0.6) is 11.5 Å². The third-order valence-corrected chi connectivity index (χ3v) is 4.40. The predicted octanol–water partition coefficient (Wildman–Crippen LogP) is 3.45. The number of aryl methyl sites for hydroxylation is 1. The van der Waals surface area contributed by atoms with Gasteiger partial charge in [-0.1, -0.05) is 12.1 Å². The second kappa shape index (κ2) is 7.21. The van der Waals surface area contributed by atoms with E-state index in [1.807, 2.05) is 16.8 Å². The first-order chi connectivity index (χ1) is 12.7. The minimum atomic E-state index is -0.663. The number of halogens is 2. The molecule has 0 spiro atoms. The largest absolute Gasteiger partial charge is 0.457 e. The lowest BCUT2D eigenvalue weighted by molar-refractivity contribution is 0.358. The zero-order valence-corrected chi connectivity index (χ0v) is 14.0. The fourth-order valence-electron chi connectivity index (χ4n) is 3.07. The molecule has 0 fully saturated rings. The molecule has 1 aliphatic heterocycles. The Bertz CT molecular complexity index is 875. The highest BCUT2D eigenvalue weighted by Crippen LogP contribution is 2.23. The lowest BCUT2D eigenvalue weighted by Gasteiger charge is -2.23. The summed E-state index contributed by atoms with van der Waals surface area (Å²) in [5, 5.41) is 7.75. The number of hydrogen-bond donors (Lipinski definition) is 1. The van der Waals surface area contributed by atoms with Crippen molar-refractivity contribution in [3.63, 3.8) is 0 Å². The van der Waals surface area contributed by atoms with Crippen molar-refractivity contribution in [3.05, 3.63) is 71.8 Å². The minimum absolute atomic E-state index is 0.138. The van der Waals surface area contributed by atoms with Crippen molar-refractivity contribution in [2.75, 3.05) is 0 Å². The first kappa shape index (κ1) is 16.7. The van der Waals surface area contributed by atoms with Crippen molar-refractivity contribution in [2.45, 2.75) is 32.0 Å². The summed E-state index contributed by atoms with van der Waals surface area (Å²) in [6, 6.07) is 10.9. The van der Waals surface area contributed by atoms with Crippen molar-refractivity contribution in [1.82, 2.24) is 20.1 Å². The van der Waals surface area contributed by atoms with Gasteiger partial charge in [0, 0.05) is 37.2 Å². The third-order valence-electron chi connectivity index (χ3n) is 4.40. The SMILES string of the molecule is Fc1cc(F)cc(Oc2ccc(CNC3CCc4ncnn4C3)cc2)c1. The van der Waals surface area contributed by atoms with Crippen molar-refractivity contribution >= 4 is 0 Å². The average molecular weight is 356 g/mol. The monoisotopic (exact) mass is 356 g/mol. The lowest BCUT2D eigenvalue weighted by Crippen LogP contribution is -2.37. The van der Waals surface area contributed by atoms with Crippen molar-refractivity contribution in [2.24, 2.45) is 0 Å². The van der Waals surface area contributed by atoms with Gasteiger partial charge in [-0.2, -0.15) is 5.10 Å². The first-order valence-electron chi connectivity index (χ1n) is 8.49. The molecule has 2 aromatic carbocycles. The minimum Gasteiger partial charge on any atom is -0.457 e. The fourth-order valence-corrected chi connectivity index (χ4v) is 3.07. The normalized spacial score (nSPS) is 16.3. The van der Waals surface area contributed by atoms with E-state index < -0.39 is 11.6 Å². The van der Waals surface area contributed by atoms with Crippen molar-refractivity contribution < 1.29 is 13.5 Å². The summed E-state index contributed by atoms with van der Waals surface area (Å²) in [6.07, 6.45) is 3.56. The number of aromatic nitrogens is 3. The Morgan fingerprint density at radius 1 is 1.08 bits per heavy atom. The highest BCUT2D eigenvalue weighted by molar-refractivity contribution is 5.33. The molecule has 2 heterocycles. The van der Waals surface area contributed by atoms with Gasteiger partial charge in [-0.25, -0.2) is 18.4 Å². The Hall–Kier alpha value is -2.80. The van der Waals surface area contributed by atoms with Gasteiger partial charge in [-0.05, 0) is 24.1 Å². The molecule has 1 aliphatic rings. The van der Waals surface area contributed by atoms with E-state index in [-0.39, 0.29) is 5.75 Å². The van der Waals surface area contributed by atoms with Crippen LogP contribution in [0.3, 0.4) is 0 Å². The predicted molar refractivity (Wildman–Crippen MR) is 91.8 cm³/mol. The van der Waals surface area contributed by atoms with Crippen molar-refractivity contribution in [3.8, 4) is 11.5 Å². The number of nitrogens with one attached hydrogen (secondary N) is 1. The second-order valence-corrected chi connectivity index (χ2v) is 6.33. The molecule has 5 nitrogen and oxygen atoms in total. The van der Waals surface area contributed by atoms with Crippen LogP contribution in [0.25, 0.3) is 0 Å². The summed E-state index contributed by atoms with van der Waals surface area (Å²) in [6.45, 7) is 1.55. The molecular weight excluding hydrogens is 338 g/mol. The standard InChI is InChI=1S/C19H18F2N4O/c20-14-7-15(21)9-18(8-14)26-17-4-1-13(2-5-17)10-22-16-3-6-19-23-12-24-25(19)11-16/h1-2,4-5,7-9,12,16,22H,3,6,10-11H2. The summed E-state index contributed by atoms with van der Waals surface area (Å²) in [4.78, 5) is 4.23. The zero-order valence-electron chi connectivity index (χ0n) is 14.0. The van der Waals surface area contributed by atoms with Crippen molar-refractivity contribution in [1.29, 1.82) is 0 Å². The molecule has 7 heteroatoms. The molecule has 1 unspecified atom stereocenters. The van der Waals surface area contributed by atoms with E-state index in [9.17, 15) is 8.78 Å². The van der Waals surface area contributed by atoms with E-state index in [0.29, 0.717) is 11.8 Å². The molecule has 1 aromatic heterocycles. The molecule has 3 aromatic rings. The fraction of sp³-hybridized carbons (Fsp3) is 0.263. The van der Waals surface area contributed by atoms with Gasteiger partial charge in [0.2, 0.25) is 0 Å². The summed E-state index contributed by atoms with van der Waals surface area (Å²) in [7, 11) is 0. The van der Waals surface area contributed by atoms with Gasteiger partial charge in [-0.15, -0.1) is 0 Å². The highest BCUT2D eigenvalue weighted by Gasteiger charge is 2.19. The first-order valence-corrected chi connectivity index (χ1v) is 8.49. The summed E-state index contributed by atoms with van der Waals surface area (Å²) in [5.41, 5.74) is 1.10. The number of fused-ring (bicyclic) bond motifs is 1. The molecule has 0 saturated carbocycles. The van der Waals surface area contributed by atoms with Gasteiger partial charge in [0.25, 0.3) is 0 Å². The van der Waals surface area contributed by atoms with Crippen LogP contribution in [-0.2, 0) is 19.5 Å². The van der Waals surface area contributed by atoms with Gasteiger partial charge in [0.1, 0.15) is 35.3 Å². The van der Waals surface area contributed by atoms with Crippen LogP contribution in [0.4, 0.5) is 8.78 Å². The topological polar surface area (TPSA) is 52.0 Å². The Morgan fingerprint density at radius 2 is 1.85 bits per heavy atom.